The molecule has 2 nitrogen and oxygen atoms in total. The van der Waals surface area contributed by atoms with E-state index in [1.807, 2.05) is 60.7 Å². The summed E-state index contributed by atoms with van der Waals surface area (Å²) >= 11 is 0. The maximum atomic E-state index is 13.8. The summed E-state index contributed by atoms with van der Waals surface area (Å²) in [6.45, 7) is 1.75. The van der Waals surface area contributed by atoms with Crippen LogP contribution >= 0.6 is 0 Å². The standard InChI is InChI=1S/C30H23FO2/c1-20(23-13-6-14-24(31)19-23)30(32)33-29(27-17-7-11-21-9-2-4-15-25(21)27)28-18-8-12-22-10-3-5-16-26(22)28/h2-20,29H,1H3/t20-/m1/s1. The number of rotatable bonds is 5. The molecule has 5 aromatic rings. The van der Waals surface area contributed by atoms with Gasteiger partial charge in [-0.05, 0) is 46.2 Å². The Hall–Kier alpha value is -3.98. The second kappa shape index (κ2) is 8.87. The van der Waals surface area contributed by atoms with Gasteiger partial charge in [0, 0.05) is 11.1 Å². The predicted octanol–water partition coefficient (Wildman–Crippen LogP) is 7.57. The zero-order chi connectivity index (χ0) is 22.8. The van der Waals surface area contributed by atoms with Crippen molar-refractivity contribution in [3.63, 3.8) is 0 Å². The highest BCUT2D eigenvalue weighted by Gasteiger charge is 2.26. The summed E-state index contributed by atoms with van der Waals surface area (Å²) in [5, 5.41) is 4.22. The second-order valence-corrected chi connectivity index (χ2v) is 8.23. The fourth-order valence-electron chi connectivity index (χ4n) is 4.38. The summed E-state index contributed by atoms with van der Waals surface area (Å²) in [4.78, 5) is 13.3. The lowest BCUT2D eigenvalue weighted by Gasteiger charge is -2.24. The Labute approximate surface area is 192 Å². The van der Waals surface area contributed by atoms with Crippen molar-refractivity contribution in [1.82, 2.24) is 0 Å². The van der Waals surface area contributed by atoms with Crippen LogP contribution in [0.1, 0.15) is 35.6 Å². The lowest BCUT2D eigenvalue weighted by atomic mass is 9.92. The van der Waals surface area contributed by atoms with Crippen molar-refractivity contribution in [2.75, 3.05) is 0 Å². The SMILES string of the molecule is C[C@@H](C(=O)OC(c1cccc2ccccc12)c1cccc2ccccc12)c1cccc(F)c1. The number of esters is 1. The van der Waals surface area contributed by atoms with E-state index < -0.39 is 18.0 Å². The van der Waals surface area contributed by atoms with E-state index in [9.17, 15) is 9.18 Å². The van der Waals surface area contributed by atoms with Gasteiger partial charge >= 0.3 is 5.97 Å². The number of hydrogen-bond donors (Lipinski definition) is 0. The molecule has 0 bridgehead atoms. The predicted molar refractivity (Wildman–Crippen MR) is 131 cm³/mol. The van der Waals surface area contributed by atoms with E-state index in [1.165, 1.54) is 12.1 Å². The highest BCUT2D eigenvalue weighted by molar-refractivity contribution is 5.90. The quantitative estimate of drug-likeness (QED) is 0.267. The fraction of sp³-hybridized carbons (Fsp3) is 0.100. The number of benzene rings is 5. The third-order valence-corrected chi connectivity index (χ3v) is 6.15. The Bertz CT molecular complexity index is 1370. The van der Waals surface area contributed by atoms with Crippen molar-refractivity contribution in [2.45, 2.75) is 18.9 Å². The second-order valence-electron chi connectivity index (χ2n) is 8.23. The first-order chi connectivity index (χ1) is 16.1. The topological polar surface area (TPSA) is 26.3 Å². The molecule has 0 saturated heterocycles. The van der Waals surface area contributed by atoms with Crippen molar-refractivity contribution in [2.24, 2.45) is 0 Å². The van der Waals surface area contributed by atoms with Crippen molar-refractivity contribution in [3.05, 3.63) is 132 Å². The van der Waals surface area contributed by atoms with Crippen LogP contribution in [0.5, 0.6) is 0 Å². The molecule has 0 aliphatic carbocycles. The molecule has 0 amide bonds. The molecule has 1 atom stereocenters. The molecule has 162 valence electrons. The molecule has 0 fully saturated rings. The Balaban J connectivity index is 1.64. The summed E-state index contributed by atoms with van der Waals surface area (Å²) in [5.41, 5.74) is 2.43. The zero-order valence-electron chi connectivity index (χ0n) is 18.2. The summed E-state index contributed by atoms with van der Waals surface area (Å²) in [6.07, 6.45) is -0.606. The molecular weight excluding hydrogens is 411 g/mol. The smallest absolute Gasteiger partial charge is 0.314 e. The number of carbonyl (C=O) groups excluding carboxylic acids is 1. The van der Waals surface area contributed by atoms with E-state index in [1.54, 1.807) is 19.1 Å². The Morgan fingerprint density at radius 3 is 1.79 bits per heavy atom. The van der Waals surface area contributed by atoms with Gasteiger partial charge in [0.25, 0.3) is 0 Å². The van der Waals surface area contributed by atoms with Crippen LogP contribution in [0.4, 0.5) is 4.39 Å². The van der Waals surface area contributed by atoms with Crippen LogP contribution in [-0.2, 0) is 9.53 Å². The van der Waals surface area contributed by atoms with Crippen LogP contribution in [-0.4, -0.2) is 5.97 Å². The lowest BCUT2D eigenvalue weighted by molar-refractivity contribution is -0.148. The van der Waals surface area contributed by atoms with Gasteiger partial charge in [-0.1, -0.05) is 97.1 Å². The number of carbonyl (C=O) groups is 1. The van der Waals surface area contributed by atoms with Gasteiger partial charge in [-0.3, -0.25) is 4.79 Å². The van der Waals surface area contributed by atoms with E-state index in [0.29, 0.717) is 5.56 Å². The number of hydrogen-bond acceptors (Lipinski definition) is 2. The minimum Gasteiger partial charge on any atom is -0.452 e. The van der Waals surface area contributed by atoms with Gasteiger partial charge in [0.05, 0.1) is 5.92 Å². The van der Waals surface area contributed by atoms with Crippen molar-refractivity contribution in [1.29, 1.82) is 0 Å². The van der Waals surface area contributed by atoms with Crippen molar-refractivity contribution >= 4 is 27.5 Å². The highest BCUT2D eigenvalue weighted by atomic mass is 19.1. The monoisotopic (exact) mass is 434 g/mol. The lowest BCUT2D eigenvalue weighted by Crippen LogP contribution is -2.18. The summed E-state index contributed by atoms with van der Waals surface area (Å²) < 4.78 is 20.0. The molecule has 0 heterocycles. The molecule has 0 aliphatic rings. The van der Waals surface area contributed by atoms with Gasteiger partial charge in [0.1, 0.15) is 5.82 Å². The molecule has 3 heteroatoms. The maximum Gasteiger partial charge on any atom is 0.314 e. The number of ether oxygens (including phenoxy) is 1. The Morgan fingerprint density at radius 1 is 0.697 bits per heavy atom. The maximum absolute atomic E-state index is 13.8. The van der Waals surface area contributed by atoms with Crippen LogP contribution in [0.2, 0.25) is 0 Å². The average Bonchev–Trinajstić information content (AvgIpc) is 2.86. The molecule has 0 aliphatic heterocycles. The van der Waals surface area contributed by atoms with E-state index in [2.05, 4.69) is 24.3 Å². The molecule has 0 unspecified atom stereocenters. The molecule has 5 aromatic carbocycles. The molecule has 0 spiro atoms. The van der Waals surface area contributed by atoms with Crippen LogP contribution in [0.15, 0.2) is 109 Å². The Kier molecular flexibility index (Phi) is 5.62. The first-order valence-corrected chi connectivity index (χ1v) is 11.0. The van der Waals surface area contributed by atoms with Gasteiger partial charge in [0.2, 0.25) is 0 Å². The van der Waals surface area contributed by atoms with Crippen LogP contribution in [0.3, 0.4) is 0 Å². The van der Waals surface area contributed by atoms with Gasteiger partial charge < -0.3 is 4.74 Å². The first kappa shape index (κ1) is 20.9. The molecule has 0 N–H and O–H groups in total. The third kappa shape index (κ3) is 4.10. The number of halogens is 1. The van der Waals surface area contributed by atoms with Gasteiger partial charge in [-0.2, -0.15) is 0 Å². The van der Waals surface area contributed by atoms with E-state index in [-0.39, 0.29) is 5.82 Å². The highest BCUT2D eigenvalue weighted by Crippen LogP contribution is 2.36. The van der Waals surface area contributed by atoms with Crippen LogP contribution in [0.25, 0.3) is 21.5 Å². The van der Waals surface area contributed by atoms with Crippen molar-refractivity contribution in [3.8, 4) is 0 Å². The average molecular weight is 435 g/mol. The number of fused-ring (bicyclic) bond motifs is 2. The molecule has 0 radical (unpaired) electrons. The minimum atomic E-state index is -0.606. The van der Waals surface area contributed by atoms with Gasteiger partial charge in [0.15, 0.2) is 6.10 Å². The molecule has 33 heavy (non-hydrogen) atoms. The molecule has 0 saturated carbocycles. The zero-order valence-corrected chi connectivity index (χ0v) is 18.2. The van der Waals surface area contributed by atoms with E-state index in [0.717, 1.165) is 32.7 Å². The van der Waals surface area contributed by atoms with Gasteiger partial charge in [-0.25, -0.2) is 4.39 Å². The van der Waals surface area contributed by atoms with Crippen molar-refractivity contribution < 1.29 is 13.9 Å². The van der Waals surface area contributed by atoms with Crippen LogP contribution in [0, 0.1) is 5.82 Å². The Morgan fingerprint density at radius 2 is 1.21 bits per heavy atom. The summed E-state index contributed by atoms with van der Waals surface area (Å²) in [5.74, 6) is -1.37. The van der Waals surface area contributed by atoms with Gasteiger partial charge in [-0.15, -0.1) is 0 Å². The van der Waals surface area contributed by atoms with E-state index in [4.69, 9.17) is 4.74 Å². The first-order valence-electron chi connectivity index (χ1n) is 11.0. The normalized spacial score (nSPS) is 12.2. The molecule has 0 aromatic heterocycles. The van der Waals surface area contributed by atoms with E-state index >= 15 is 0 Å². The summed E-state index contributed by atoms with van der Waals surface area (Å²) in [7, 11) is 0. The molecule has 5 rings (SSSR count). The summed E-state index contributed by atoms with van der Waals surface area (Å²) in [6, 6.07) is 34.4. The fourth-order valence-corrected chi connectivity index (χ4v) is 4.38. The largest absolute Gasteiger partial charge is 0.452 e. The minimum absolute atomic E-state index is 0.369. The van der Waals surface area contributed by atoms with Crippen LogP contribution < -0.4 is 0 Å². The third-order valence-electron chi connectivity index (χ3n) is 6.15. The molecular formula is C30H23FO2.